The summed E-state index contributed by atoms with van der Waals surface area (Å²) in [5.74, 6) is -0.0327. The molecule has 0 aliphatic carbocycles. The highest BCUT2D eigenvalue weighted by molar-refractivity contribution is 9.10. The summed E-state index contributed by atoms with van der Waals surface area (Å²) in [7, 11) is 0. The van der Waals surface area contributed by atoms with Crippen molar-refractivity contribution in [3.63, 3.8) is 0 Å². The number of hydrogen-bond acceptors (Lipinski definition) is 2. The largest absolute Gasteiger partial charge is 0.507 e. The van der Waals surface area contributed by atoms with Crippen LogP contribution in [0.3, 0.4) is 0 Å². The van der Waals surface area contributed by atoms with Gasteiger partial charge in [-0.15, -0.1) is 0 Å². The van der Waals surface area contributed by atoms with Crippen LogP contribution in [0, 0.1) is 5.41 Å². The van der Waals surface area contributed by atoms with E-state index in [0.29, 0.717) is 11.0 Å². The second-order valence-electron chi connectivity index (χ2n) is 5.62. The molecule has 0 spiro atoms. The monoisotopic (exact) mass is 311 g/mol. The molecule has 1 aromatic carbocycles. The fourth-order valence-corrected chi connectivity index (χ4v) is 2.52. The summed E-state index contributed by atoms with van der Waals surface area (Å²) in [4.78, 5) is 14.1. The van der Waals surface area contributed by atoms with Crippen molar-refractivity contribution in [2.75, 3.05) is 13.1 Å². The fraction of sp³-hybridized carbons (Fsp3) is 0.500. The standard InChI is InChI=1S/C14H18BrNO2/c1-14(2)5-7-16(8-6-14)13(18)11-4-3-10(15)9-12(11)17/h3-4,9,17H,5-8H2,1-2H3. The van der Waals surface area contributed by atoms with Gasteiger partial charge < -0.3 is 10.0 Å². The molecule has 1 N–H and O–H groups in total. The number of carbonyl (C=O) groups is 1. The maximum absolute atomic E-state index is 12.3. The Morgan fingerprint density at radius 1 is 1.33 bits per heavy atom. The third-order valence-corrected chi connectivity index (χ3v) is 4.09. The highest BCUT2D eigenvalue weighted by Gasteiger charge is 2.29. The quantitative estimate of drug-likeness (QED) is 0.863. The lowest BCUT2D eigenvalue weighted by atomic mass is 9.82. The van der Waals surface area contributed by atoms with Gasteiger partial charge in [0.1, 0.15) is 5.75 Å². The number of hydrogen-bond donors (Lipinski definition) is 1. The third kappa shape index (κ3) is 2.86. The molecule has 0 unspecified atom stereocenters. The van der Waals surface area contributed by atoms with Gasteiger partial charge in [0, 0.05) is 17.6 Å². The van der Waals surface area contributed by atoms with E-state index in [4.69, 9.17) is 0 Å². The summed E-state index contributed by atoms with van der Waals surface area (Å²) >= 11 is 3.27. The number of amides is 1. The molecule has 1 aromatic rings. The van der Waals surface area contributed by atoms with Gasteiger partial charge in [0.15, 0.2) is 0 Å². The Balaban J connectivity index is 2.13. The van der Waals surface area contributed by atoms with Gasteiger partial charge in [-0.05, 0) is 36.5 Å². The summed E-state index contributed by atoms with van der Waals surface area (Å²) in [5.41, 5.74) is 0.705. The zero-order chi connectivity index (χ0) is 13.3. The Kier molecular flexibility index (Phi) is 3.66. The number of phenols is 1. The Morgan fingerprint density at radius 3 is 2.50 bits per heavy atom. The van der Waals surface area contributed by atoms with Crippen LogP contribution in [0.15, 0.2) is 22.7 Å². The lowest BCUT2D eigenvalue weighted by Crippen LogP contribution is -2.41. The molecule has 3 nitrogen and oxygen atoms in total. The molecule has 4 heteroatoms. The van der Waals surface area contributed by atoms with Crippen LogP contribution in [0.4, 0.5) is 0 Å². The van der Waals surface area contributed by atoms with E-state index in [9.17, 15) is 9.90 Å². The van der Waals surface area contributed by atoms with Crippen molar-refractivity contribution in [1.29, 1.82) is 0 Å². The second kappa shape index (κ2) is 4.92. The number of carbonyl (C=O) groups excluding carboxylic acids is 1. The van der Waals surface area contributed by atoms with Gasteiger partial charge in [-0.3, -0.25) is 4.79 Å². The molecule has 0 bridgehead atoms. The van der Waals surface area contributed by atoms with E-state index >= 15 is 0 Å². The van der Waals surface area contributed by atoms with Gasteiger partial charge in [-0.1, -0.05) is 29.8 Å². The number of halogens is 1. The number of phenolic OH excluding ortho intramolecular Hbond substituents is 1. The molecule has 1 amide bonds. The van der Waals surface area contributed by atoms with E-state index < -0.39 is 0 Å². The first-order chi connectivity index (χ1) is 8.39. The molecule has 0 aromatic heterocycles. The molecule has 1 heterocycles. The fourth-order valence-electron chi connectivity index (χ4n) is 2.17. The van der Waals surface area contributed by atoms with E-state index in [0.717, 1.165) is 30.4 Å². The van der Waals surface area contributed by atoms with Crippen LogP contribution in [-0.4, -0.2) is 29.0 Å². The van der Waals surface area contributed by atoms with Gasteiger partial charge in [-0.25, -0.2) is 0 Å². The van der Waals surface area contributed by atoms with E-state index in [1.165, 1.54) is 0 Å². The normalized spacial score (nSPS) is 18.7. The maximum atomic E-state index is 12.3. The number of rotatable bonds is 1. The van der Waals surface area contributed by atoms with Crippen LogP contribution < -0.4 is 0 Å². The molecule has 0 radical (unpaired) electrons. The SMILES string of the molecule is CC1(C)CCN(C(=O)c2ccc(Br)cc2O)CC1. The van der Waals surface area contributed by atoms with Crippen LogP contribution in [-0.2, 0) is 0 Å². The summed E-state index contributed by atoms with van der Waals surface area (Å²) in [5, 5.41) is 9.82. The first-order valence-electron chi connectivity index (χ1n) is 6.17. The molecule has 1 aliphatic heterocycles. The smallest absolute Gasteiger partial charge is 0.257 e. The van der Waals surface area contributed by atoms with E-state index in [2.05, 4.69) is 29.8 Å². The third-order valence-electron chi connectivity index (χ3n) is 3.59. The zero-order valence-corrected chi connectivity index (χ0v) is 12.3. The Hall–Kier alpha value is -1.03. The molecule has 1 aliphatic rings. The summed E-state index contributed by atoms with van der Waals surface area (Å²) in [6.45, 7) is 5.99. The number of benzene rings is 1. The van der Waals surface area contributed by atoms with Gasteiger partial charge in [-0.2, -0.15) is 0 Å². The van der Waals surface area contributed by atoms with Crippen molar-refractivity contribution in [2.24, 2.45) is 5.41 Å². The average Bonchev–Trinajstić information content (AvgIpc) is 2.28. The number of likely N-dealkylation sites (tertiary alicyclic amines) is 1. The van der Waals surface area contributed by atoms with Crippen molar-refractivity contribution in [1.82, 2.24) is 4.90 Å². The minimum absolute atomic E-state index is 0.0409. The Labute approximate surface area is 116 Å². The first-order valence-corrected chi connectivity index (χ1v) is 6.96. The first kappa shape index (κ1) is 13.4. The number of aromatic hydroxyl groups is 1. The van der Waals surface area contributed by atoms with Crippen LogP contribution in [0.25, 0.3) is 0 Å². The molecular formula is C14H18BrNO2. The molecule has 0 atom stereocenters. The van der Waals surface area contributed by atoms with E-state index in [-0.39, 0.29) is 11.7 Å². The van der Waals surface area contributed by atoms with Crippen LogP contribution in [0.5, 0.6) is 5.75 Å². The van der Waals surface area contributed by atoms with Crippen molar-refractivity contribution in [2.45, 2.75) is 26.7 Å². The van der Waals surface area contributed by atoms with Crippen molar-refractivity contribution >= 4 is 21.8 Å². The lowest BCUT2D eigenvalue weighted by Gasteiger charge is -2.37. The number of nitrogens with zero attached hydrogens (tertiary/aromatic N) is 1. The molecule has 18 heavy (non-hydrogen) atoms. The molecule has 1 fully saturated rings. The Bertz CT molecular complexity index is 461. The van der Waals surface area contributed by atoms with Crippen molar-refractivity contribution in [3.8, 4) is 5.75 Å². The maximum Gasteiger partial charge on any atom is 0.257 e. The second-order valence-corrected chi connectivity index (χ2v) is 6.53. The van der Waals surface area contributed by atoms with Crippen molar-refractivity contribution in [3.05, 3.63) is 28.2 Å². The lowest BCUT2D eigenvalue weighted by molar-refractivity contribution is 0.0627. The van der Waals surface area contributed by atoms with Gasteiger partial charge in [0.05, 0.1) is 5.56 Å². The Morgan fingerprint density at radius 2 is 1.94 bits per heavy atom. The van der Waals surface area contributed by atoms with Crippen LogP contribution in [0.1, 0.15) is 37.0 Å². The topological polar surface area (TPSA) is 40.5 Å². The van der Waals surface area contributed by atoms with Gasteiger partial charge in [0.2, 0.25) is 0 Å². The predicted molar refractivity (Wildman–Crippen MR) is 74.7 cm³/mol. The molecule has 0 saturated carbocycles. The van der Waals surface area contributed by atoms with Crippen LogP contribution >= 0.6 is 15.9 Å². The van der Waals surface area contributed by atoms with Gasteiger partial charge >= 0.3 is 0 Å². The number of piperidine rings is 1. The molecular weight excluding hydrogens is 294 g/mol. The van der Waals surface area contributed by atoms with E-state index in [1.807, 2.05) is 4.90 Å². The summed E-state index contributed by atoms with van der Waals surface area (Å²) < 4.78 is 0.774. The molecule has 98 valence electrons. The minimum atomic E-state index is -0.0736. The average molecular weight is 312 g/mol. The molecule has 1 saturated heterocycles. The predicted octanol–water partition coefficient (Wildman–Crippen LogP) is 3.42. The van der Waals surface area contributed by atoms with Gasteiger partial charge in [0.25, 0.3) is 5.91 Å². The highest BCUT2D eigenvalue weighted by atomic mass is 79.9. The van der Waals surface area contributed by atoms with E-state index in [1.54, 1.807) is 18.2 Å². The zero-order valence-electron chi connectivity index (χ0n) is 10.7. The minimum Gasteiger partial charge on any atom is -0.507 e. The highest BCUT2D eigenvalue weighted by Crippen LogP contribution is 2.31. The molecule has 2 rings (SSSR count). The van der Waals surface area contributed by atoms with Crippen LogP contribution in [0.2, 0.25) is 0 Å². The summed E-state index contributed by atoms with van der Waals surface area (Å²) in [6.07, 6.45) is 2.02. The van der Waals surface area contributed by atoms with Crippen molar-refractivity contribution < 1.29 is 9.90 Å². The summed E-state index contributed by atoms with van der Waals surface area (Å²) in [6, 6.07) is 5.00.